The second-order valence-electron chi connectivity index (χ2n) is 6.04. The van der Waals surface area contributed by atoms with Gasteiger partial charge in [0.1, 0.15) is 0 Å². The minimum atomic E-state index is -4.70. The number of nitriles is 1. The van der Waals surface area contributed by atoms with Crippen LogP contribution in [0.4, 0.5) is 13.2 Å². The third-order valence-electron chi connectivity index (χ3n) is 4.23. The number of halogens is 3. The molecule has 0 unspecified atom stereocenters. The number of imidazole rings is 1. The molecule has 0 bridgehead atoms. The minimum Gasteiger partial charge on any atom is -0.493 e. The fraction of sp³-hybridized carbons (Fsp3) is 0.158. The van der Waals surface area contributed by atoms with Crippen LogP contribution < -0.4 is 0 Å². The molecule has 0 fully saturated rings. The molecule has 3 rings (SSSR count). The molecule has 138 valence electrons. The second kappa shape index (κ2) is 6.59. The lowest BCUT2D eigenvalue weighted by Gasteiger charge is -2.12. The molecule has 1 heterocycles. The van der Waals surface area contributed by atoms with Gasteiger partial charge in [0.15, 0.2) is 4.77 Å². The molecular weight excluding hydrogens is 375 g/mol. The molecule has 4 nitrogen and oxygen atoms in total. The Labute approximate surface area is 158 Å². The topological polar surface area (TPSA) is 53.9 Å². The summed E-state index contributed by atoms with van der Waals surface area (Å²) in [5.74, 6) is -0.265. The zero-order chi connectivity index (χ0) is 19.9. The molecule has 3 aromatic rings. The van der Waals surface area contributed by atoms with Crippen molar-refractivity contribution in [3.8, 4) is 23.3 Å². The number of hydrogen-bond acceptors (Lipinski definition) is 3. The van der Waals surface area contributed by atoms with Crippen LogP contribution in [0.15, 0.2) is 42.5 Å². The Morgan fingerprint density at radius 2 is 1.59 bits per heavy atom. The number of hydrogen-bond donors (Lipinski definition) is 1. The predicted molar refractivity (Wildman–Crippen MR) is 96.8 cm³/mol. The number of aromatic hydroxyl groups is 1. The molecule has 1 aromatic heterocycles. The lowest BCUT2D eigenvalue weighted by molar-refractivity contribution is -0.137. The van der Waals surface area contributed by atoms with Crippen LogP contribution in [0.3, 0.4) is 0 Å². The molecule has 0 aliphatic rings. The molecule has 2 aromatic carbocycles. The largest absolute Gasteiger partial charge is 0.493 e. The van der Waals surface area contributed by atoms with Crippen LogP contribution in [-0.4, -0.2) is 14.2 Å². The third kappa shape index (κ3) is 3.22. The SMILES string of the molecule is Cc1ccc(-n2c(C)c(O)n(-c3ccc(C#N)c(C(F)(F)F)c3)c2=S)cc1. The van der Waals surface area contributed by atoms with Crippen LogP contribution in [-0.2, 0) is 6.18 Å². The van der Waals surface area contributed by atoms with E-state index in [4.69, 9.17) is 17.5 Å². The average Bonchev–Trinajstić information content (AvgIpc) is 2.84. The molecule has 0 aliphatic carbocycles. The van der Waals surface area contributed by atoms with Gasteiger partial charge < -0.3 is 5.11 Å². The summed E-state index contributed by atoms with van der Waals surface area (Å²) in [7, 11) is 0. The van der Waals surface area contributed by atoms with Gasteiger partial charge in [0.2, 0.25) is 5.88 Å². The monoisotopic (exact) mass is 389 g/mol. The van der Waals surface area contributed by atoms with E-state index in [-0.39, 0.29) is 16.3 Å². The molecule has 0 saturated carbocycles. The quantitative estimate of drug-likeness (QED) is 0.612. The first-order chi connectivity index (χ1) is 12.6. The zero-order valence-corrected chi connectivity index (χ0v) is 15.2. The maximum Gasteiger partial charge on any atom is 0.417 e. The second-order valence-corrected chi connectivity index (χ2v) is 6.40. The van der Waals surface area contributed by atoms with Gasteiger partial charge in [-0.25, -0.2) is 0 Å². The fourth-order valence-electron chi connectivity index (χ4n) is 2.83. The van der Waals surface area contributed by atoms with Gasteiger partial charge in [-0.2, -0.15) is 18.4 Å². The molecule has 0 aliphatic heterocycles. The van der Waals surface area contributed by atoms with Gasteiger partial charge in [0.25, 0.3) is 0 Å². The summed E-state index contributed by atoms with van der Waals surface area (Å²) in [6, 6.07) is 12.1. The highest BCUT2D eigenvalue weighted by Crippen LogP contribution is 2.35. The van der Waals surface area contributed by atoms with E-state index < -0.39 is 17.3 Å². The Balaban J connectivity index is 2.26. The van der Waals surface area contributed by atoms with E-state index >= 15 is 0 Å². The molecule has 0 radical (unpaired) electrons. The normalized spacial score (nSPS) is 11.4. The summed E-state index contributed by atoms with van der Waals surface area (Å²) >= 11 is 5.41. The Bertz CT molecular complexity index is 1120. The van der Waals surface area contributed by atoms with E-state index in [0.717, 1.165) is 22.3 Å². The average molecular weight is 389 g/mol. The highest BCUT2D eigenvalue weighted by molar-refractivity contribution is 7.71. The molecule has 27 heavy (non-hydrogen) atoms. The number of aryl methyl sites for hydroxylation is 1. The lowest BCUT2D eigenvalue weighted by Crippen LogP contribution is -2.09. The van der Waals surface area contributed by atoms with E-state index in [1.807, 2.05) is 31.2 Å². The molecule has 1 N–H and O–H groups in total. The van der Waals surface area contributed by atoms with Gasteiger partial charge in [-0.15, -0.1) is 0 Å². The predicted octanol–water partition coefficient (Wildman–Crippen LogP) is 5.21. The Hall–Kier alpha value is -3.05. The first kappa shape index (κ1) is 18.7. The van der Waals surface area contributed by atoms with Crippen molar-refractivity contribution >= 4 is 12.2 Å². The molecule has 8 heteroatoms. The van der Waals surface area contributed by atoms with E-state index in [2.05, 4.69) is 0 Å². The van der Waals surface area contributed by atoms with Gasteiger partial charge in [0, 0.05) is 5.69 Å². The molecule has 0 saturated heterocycles. The number of nitrogens with zero attached hydrogens (tertiary/aromatic N) is 3. The van der Waals surface area contributed by atoms with Crippen LogP contribution >= 0.6 is 12.2 Å². The Morgan fingerprint density at radius 3 is 2.15 bits per heavy atom. The van der Waals surface area contributed by atoms with Gasteiger partial charge in [0.05, 0.1) is 28.6 Å². The number of rotatable bonds is 2. The summed E-state index contributed by atoms with van der Waals surface area (Å²) in [6.45, 7) is 3.55. The summed E-state index contributed by atoms with van der Waals surface area (Å²) in [5, 5.41) is 19.5. The van der Waals surface area contributed by atoms with Crippen LogP contribution in [0.1, 0.15) is 22.4 Å². The van der Waals surface area contributed by atoms with Gasteiger partial charge >= 0.3 is 6.18 Å². The van der Waals surface area contributed by atoms with Crippen molar-refractivity contribution in [3.05, 3.63) is 69.6 Å². The number of alkyl halides is 3. The van der Waals surface area contributed by atoms with E-state index in [1.165, 1.54) is 12.1 Å². The first-order valence-electron chi connectivity index (χ1n) is 7.87. The zero-order valence-electron chi connectivity index (χ0n) is 14.4. The van der Waals surface area contributed by atoms with Crippen molar-refractivity contribution in [3.63, 3.8) is 0 Å². The first-order valence-corrected chi connectivity index (χ1v) is 8.28. The highest BCUT2D eigenvalue weighted by Gasteiger charge is 2.34. The van der Waals surface area contributed by atoms with Crippen molar-refractivity contribution in [2.45, 2.75) is 20.0 Å². The van der Waals surface area contributed by atoms with E-state index in [1.54, 1.807) is 11.5 Å². The number of aromatic nitrogens is 2. The molecule has 0 spiro atoms. The van der Waals surface area contributed by atoms with Gasteiger partial charge in [-0.05, 0) is 56.4 Å². The Kier molecular flexibility index (Phi) is 4.57. The van der Waals surface area contributed by atoms with Crippen molar-refractivity contribution in [2.75, 3.05) is 0 Å². The molecule has 0 atom stereocenters. The molecular formula is C19H14F3N3OS. The summed E-state index contributed by atoms with van der Waals surface area (Å²) in [5.41, 5.74) is 0.561. The standard InChI is InChI=1S/C19H14F3N3OS/c1-11-3-6-14(7-4-11)24-12(2)17(26)25(18(24)27)15-8-5-13(10-23)16(9-15)19(20,21)22/h3-9,26H,1-2H3. The maximum absolute atomic E-state index is 13.3. The van der Waals surface area contributed by atoms with Crippen LogP contribution in [0.5, 0.6) is 5.88 Å². The minimum absolute atomic E-state index is 0.0257. The third-order valence-corrected chi connectivity index (χ3v) is 4.60. The summed E-state index contributed by atoms with van der Waals surface area (Å²) in [4.78, 5) is 0. The van der Waals surface area contributed by atoms with Gasteiger partial charge in [-0.3, -0.25) is 9.13 Å². The van der Waals surface area contributed by atoms with Crippen molar-refractivity contribution in [2.24, 2.45) is 0 Å². The van der Waals surface area contributed by atoms with Gasteiger partial charge in [-0.1, -0.05) is 17.7 Å². The number of benzene rings is 2. The maximum atomic E-state index is 13.3. The van der Waals surface area contributed by atoms with Crippen molar-refractivity contribution < 1.29 is 18.3 Å². The van der Waals surface area contributed by atoms with Crippen LogP contribution in [0.25, 0.3) is 11.4 Å². The smallest absolute Gasteiger partial charge is 0.417 e. The van der Waals surface area contributed by atoms with Crippen LogP contribution in [0, 0.1) is 29.9 Å². The summed E-state index contributed by atoms with van der Waals surface area (Å²) in [6.07, 6.45) is -4.70. The fourth-order valence-corrected chi connectivity index (χ4v) is 3.26. The van der Waals surface area contributed by atoms with Crippen molar-refractivity contribution in [1.29, 1.82) is 5.26 Å². The van der Waals surface area contributed by atoms with Crippen LogP contribution in [0.2, 0.25) is 0 Å². The van der Waals surface area contributed by atoms with E-state index in [0.29, 0.717) is 11.4 Å². The van der Waals surface area contributed by atoms with E-state index in [9.17, 15) is 18.3 Å². The summed E-state index contributed by atoms with van der Waals surface area (Å²) < 4.78 is 42.6. The highest BCUT2D eigenvalue weighted by atomic mass is 32.1. The molecule has 0 amide bonds. The Morgan fingerprint density at radius 1 is 1.00 bits per heavy atom. The lowest BCUT2D eigenvalue weighted by atomic mass is 10.1. The van der Waals surface area contributed by atoms with Crippen molar-refractivity contribution in [1.82, 2.24) is 9.13 Å².